The Balaban J connectivity index is 2.37. The highest BCUT2D eigenvalue weighted by Crippen LogP contribution is 2.36. The summed E-state index contributed by atoms with van der Waals surface area (Å²) in [6.45, 7) is 3.75. The lowest BCUT2D eigenvalue weighted by atomic mass is 10.0. The molecule has 0 radical (unpaired) electrons. The number of amides is 1. The van der Waals surface area contributed by atoms with Gasteiger partial charge in [-0.15, -0.1) is 0 Å². The fourth-order valence-corrected chi connectivity index (χ4v) is 3.01. The van der Waals surface area contributed by atoms with Crippen LogP contribution >= 0.6 is 45.7 Å². The van der Waals surface area contributed by atoms with E-state index in [1.54, 1.807) is 7.39 Å². The highest BCUT2D eigenvalue weighted by molar-refractivity contribution is 14.2. The Bertz CT molecular complexity index is 761. The number of carbonyl (C=O) groups excluding carboxylic acids is 1. The molecular formula is C15H14F3I2N3O2. The molecule has 0 saturated heterocycles. The molecule has 3 N–H and O–H groups in total. The molecule has 0 aromatic heterocycles. The topological polar surface area (TPSA) is 64.6 Å². The minimum atomic E-state index is -4.75. The molecule has 1 amide bonds. The van der Waals surface area contributed by atoms with Gasteiger partial charge < -0.3 is 15.7 Å². The van der Waals surface area contributed by atoms with Crippen molar-refractivity contribution in [2.75, 3.05) is 6.64 Å². The fraction of sp³-hybridized carbons (Fsp3) is 0.267. The number of aliphatic hydroxyl groups is 1. The van der Waals surface area contributed by atoms with E-state index in [-0.39, 0.29) is 0 Å². The summed E-state index contributed by atoms with van der Waals surface area (Å²) in [6, 6.07) is 3.54. The maximum absolute atomic E-state index is 13.1. The van der Waals surface area contributed by atoms with Crippen LogP contribution in [0.4, 0.5) is 24.5 Å². The van der Waals surface area contributed by atoms with Crippen LogP contribution in [0.1, 0.15) is 11.1 Å². The zero-order valence-electron chi connectivity index (χ0n) is 13.1. The van der Waals surface area contributed by atoms with Crippen LogP contribution in [0.15, 0.2) is 35.6 Å². The fourth-order valence-electron chi connectivity index (χ4n) is 2.21. The summed E-state index contributed by atoms with van der Waals surface area (Å²) >= 11 is 4.00. The molecule has 0 aliphatic carbocycles. The average Bonchev–Trinajstić information content (AvgIpc) is 2.49. The lowest BCUT2D eigenvalue weighted by Crippen LogP contribution is -2.33. The number of benzene rings is 1. The summed E-state index contributed by atoms with van der Waals surface area (Å²) in [5, 5.41) is 14.2. The van der Waals surface area contributed by atoms with Crippen molar-refractivity contribution in [2.45, 2.75) is 26.3 Å². The van der Waals surface area contributed by atoms with Crippen LogP contribution in [-0.4, -0.2) is 23.4 Å². The number of hydrogen-bond donors (Lipinski definition) is 3. The van der Waals surface area contributed by atoms with Crippen LogP contribution in [0.5, 0.6) is 0 Å². The largest absolute Gasteiger partial charge is 0.417 e. The number of anilines is 2. The van der Waals surface area contributed by atoms with Gasteiger partial charge in [0.05, 0.1) is 68.3 Å². The van der Waals surface area contributed by atoms with Crippen LogP contribution in [0.25, 0.3) is 0 Å². The van der Waals surface area contributed by atoms with E-state index in [1.165, 1.54) is 0 Å². The van der Waals surface area contributed by atoms with Gasteiger partial charge in [-0.3, -0.25) is 6.12 Å². The number of alkyl halides is 3. The average molecular weight is 579 g/mol. The number of hydrogen-bond acceptors (Lipinski definition) is 4. The van der Waals surface area contributed by atoms with Gasteiger partial charge in [0.15, 0.2) is 0 Å². The summed E-state index contributed by atoms with van der Waals surface area (Å²) in [5.74, 6) is -0.915. The minimum absolute atomic E-state index is 0.394. The molecule has 10 heteroatoms. The van der Waals surface area contributed by atoms with Gasteiger partial charge in [-0.2, -0.15) is 13.2 Å². The first-order valence-corrected chi connectivity index (χ1v) is 8.91. The zero-order valence-corrected chi connectivity index (χ0v) is 17.4. The van der Waals surface area contributed by atoms with Gasteiger partial charge in [0.2, 0.25) is 0 Å². The van der Waals surface area contributed by atoms with Gasteiger partial charge >= 0.3 is 6.18 Å². The molecule has 5 nitrogen and oxygen atoms in total. The number of nitrogens with zero attached hydrogens (tertiary/aromatic N) is 1. The third kappa shape index (κ3) is 4.78. The number of aryl methyl sites for hydroxylation is 2. The van der Waals surface area contributed by atoms with Crippen molar-refractivity contribution in [2.24, 2.45) is 0 Å². The molecule has 136 valence electrons. The van der Waals surface area contributed by atoms with Crippen molar-refractivity contribution in [3.63, 3.8) is 0 Å². The maximum Gasteiger partial charge on any atom is 0.417 e. The van der Waals surface area contributed by atoms with E-state index in [4.69, 9.17) is 0 Å². The Labute approximate surface area is 170 Å². The Morgan fingerprint density at radius 2 is 1.88 bits per heavy atom. The van der Waals surface area contributed by atoms with Gasteiger partial charge in [0, 0.05) is 6.20 Å². The van der Waals surface area contributed by atoms with E-state index in [1.807, 2.05) is 65.6 Å². The van der Waals surface area contributed by atoms with Crippen LogP contribution in [0.3, 0.4) is 0 Å². The summed E-state index contributed by atoms with van der Waals surface area (Å²) in [6.07, 6.45) is -4.81. The maximum atomic E-state index is 13.1. The van der Waals surface area contributed by atoms with Crippen molar-refractivity contribution < 1.29 is 23.1 Å². The van der Waals surface area contributed by atoms with Crippen molar-refractivity contribution in [3.05, 3.63) is 46.7 Å². The molecule has 0 saturated carbocycles. The number of carbonyl (C=O) groups is 1. The summed E-state index contributed by atoms with van der Waals surface area (Å²) in [7, 11) is 0. The molecule has 0 fully saturated rings. The standard InChI is InChI=1S/C15H14F3I2N3O2/c1-7-3-11(12(23(19)20)4-8(7)2)22-14(25)9-6-21-13(24)5-10(9)15(16,17)18/h3-6,13,21,24H,1-2H3,(H,22,25). The van der Waals surface area contributed by atoms with E-state index in [2.05, 4.69) is 10.6 Å². The van der Waals surface area contributed by atoms with Crippen molar-refractivity contribution in [1.29, 1.82) is 0 Å². The Morgan fingerprint density at radius 1 is 1.28 bits per heavy atom. The smallest absolute Gasteiger partial charge is 0.370 e. The molecule has 0 bridgehead atoms. The number of rotatable bonds is 3. The minimum Gasteiger partial charge on any atom is -0.370 e. The Kier molecular flexibility index (Phi) is 6.25. The third-order valence-corrected chi connectivity index (χ3v) is 4.64. The number of aliphatic hydroxyl groups excluding tert-OH is 1. The van der Waals surface area contributed by atoms with E-state index >= 15 is 0 Å². The number of nitrogens with one attached hydrogen (secondary N) is 2. The second-order valence-corrected chi connectivity index (χ2v) is 9.16. The summed E-state index contributed by atoms with van der Waals surface area (Å²) in [5.41, 5.74) is 1.17. The van der Waals surface area contributed by atoms with E-state index in [0.717, 1.165) is 17.3 Å². The first-order chi connectivity index (χ1) is 11.5. The molecule has 1 aliphatic heterocycles. The van der Waals surface area contributed by atoms with Crippen LogP contribution in [0, 0.1) is 13.8 Å². The second-order valence-electron chi connectivity index (χ2n) is 5.39. The second kappa shape index (κ2) is 7.70. The predicted octanol–water partition coefficient (Wildman–Crippen LogP) is 4.04. The van der Waals surface area contributed by atoms with Crippen LogP contribution < -0.4 is 12.0 Å². The molecule has 1 aromatic rings. The molecule has 1 atom stereocenters. The molecule has 1 unspecified atom stereocenters. The molecular weight excluding hydrogens is 565 g/mol. The zero-order chi connectivity index (χ0) is 18.9. The van der Waals surface area contributed by atoms with Gasteiger partial charge in [-0.05, 0) is 43.2 Å². The van der Waals surface area contributed by atoms with Gasteiger partial charge in [0.1, 0.15) is 6.23 Å². The highest BCUT2D eigenvalue weighted by Gasteiger charge is 2.40. The SMILES string of the molecule is Cc1cc(NC(=O)C2=CNC(O)C=C2C(F)(F)F)c(N(I)I)cc1C. The highest BCUT2D eigenvalue weighted by atomic mass is 127. The Hall–Kier alpha value is -1.02. The lowest BCUT2D eigenvalue weighted by Gasteiger charge is -2.23. The van der Waals surface area contributed by atoms with Crippen molar-refractivity contribution >= 4 is 63.0 Å². The monoisotopic (exact) mass is 579 g/mol. The van der Waals surface area contributed by atoms with Gasteiger partial charge in [0.25, 0.3) is 5.91 Å². The van der Waals surface area contributed by atoms with Crippen molar-refractivity contribution in [1.82, 2.24) is 5.32 Å². The van der Waals surface area contributed by atoms with Gasteiger partial charge in [-0.25, -0.2) is 0 Å². The molecule has 1 aromatic carbocycles. The number of dihydropyridines is 1. The Morgan fingerprint density at radius 3 is 2.44 bits per heavy atom. The predicted molar refractivity (Wildman–Crippen MR) is 106 cm³/mol. The normalized spacial score (nSPS) is 17.4. The van der Waals surface area contributed by atoms with E-state index < -0.39 is 29.5 Å². The van der Waals surface area contributed by atoms with Crippen LogP contribution in [0.2, 0.25) is 0 Å². The molecule has 0 spiro atoms. The first kappa shape index (κ1) is 20.3. The molecule has 1 aliphatic rings. The lowest BCUT2D eigenvalue weighted by molar-refractivity contribution is -0.115. The first-order valence-electron chi connectivity index (χ1n) is 6.98. The summed E-state index contributed by atoms with van der Waals surface area (Å²) < 4.78 is 41.2. The van der Waals surface area contributed by atoms with Crippen LogP contribution in [-0.2, 0) is 4.79 Å². The molecule has 2 rings (SSSR count). The summed E-state index contributed by atoms with van der Waals surface area (Å²) in [4.78, 5) is 12.4. The molecule has 1 heterocycles. The van der Waals surface area contributed by atoms with Gasteiger partial charge in [-0.1, -0.05) is 0 Å². The molecule has 25 heavy (non-hydrogen) atoms. The van der Waals surface area contributed by atoms with Crippen molar-refractivity contribution in [3.8, 4) is 0 Å². The quantitative estimate of drug-likeness (QED) is 0.374. The third-order valence-electron chi connectivity index (χ3n) is 3.61. The number of halogens is 5. The van der Waals surface area contributed by atoms with E-state index in [9.17, 15) is 23.1 Å². The van der Waals surface area contributed by atoms with E-state index in [0.29, 0.717) is 17.5 Å².